The fourth-order valence-electron chi connectivity index (χ4n) is 2.15. The number of nitrogens with one attached hydrogen (secondary N) is 1. The van der Waals surface area contributed by atoms with Gasteiger partial charge in [-0.3, -0.25) is 9.78 Å². The molecule has 5 heteroatoms. The number of hydrogen-bond acceptors (Lipinski definition) is 2. The van der Waals surface area contributed by atoms with E-state index < -0.39 is 0 Å². The van der Waals surface area contributed by atoms with Gasteiger partial charge in [0.15, 0.2) is 0 Å². The number of anilines is 1. The molecule has 0 saturated heterocycles. The highest BCUT2D eigenvalue weighted by Crippen LogP contribution is 2.24. The molecule has 1 amide bonds. The lowest BCUT2D eigenvalue weighted by Gasteiger charge is -2.06. The Kier molecular flexibility index (Phi) is 4.35. The van der Waals surface area contributed by atoms with Gasteiger partial charge in [0.1, 0.15) is 5.82 Å². The molecule has 0 spiro atoms. The van der Waals surface area contributed by atoms with E-state index >= 15 is 0 Å². The smallest absolute Gasteiger partial charge is 0.248 e. The van der Waals surface area contributed by atoms with Crippen molar-refractivity contribution in [3.05, 3.63) is 77.2 Å². The Labute approximate surface area is 137 Å². The summed E-state index contributed by atoms with van der Waals surface area (Å²) in [6.45, 7) is 0. The zero-order chi connectivity index (χ0) is 16.2. The first-order valence-corrected chi connectivity index (χ1v) is 7.28. The molecule has 3 nitrogen and oxygen atoms in total. The predicted octanol–water partition coefficient (Wildman–Crippen LogP) is 4.68. The van der Waals surface area contributed by atoms with Gasteiger partial charge < -0.3 is 5.32 Å². The number of aromatic nitrogens is 1. The summed E-state index contributed by atoms with van der Waals surface area (Å²) in [6.07, 6.45) is 4.63. The minimum atomic E-state index is -0.312. The average Bonchev–Trinajstić information content (AvgIpc) is 2.54. The van der Waals surface area contributed by atoms with Crippen molar-refractivity contribution < 1.29 is 9.18 Å². The molecule has 23 heavy (non-hydrogen) atoms. The van der Waals surface area contributed by atoms with Gasteiger partial charge in [-0.05, 0) is 48.0 Å². The quantitative estimate of drug-likeness (QED) is 0.710. The highest BCUT2D eigenvalue weighted by atomic mass is 35.5. The van der Waals surface area contributed by atoms with Crippen molar-refractivity contribution in [1.29, 1.82) is 0 Å². The van der Waals surface area contributed by atoms with Crippen LogP contribution in [0.4, 0.5) is 10.1 Å². The van der Waals surface area contributed by atoms with Crippen molar-refractivity contribution in [2.24, 2.45) is 0 Å². The second-order valence-electron chi connectivity index (χ2n) is 4.89. The van der Waals surface area contributed by atoms with Gasteiger partial charge in [-0.25, -0.2) is 4.39 Å². The number of halogens is 2. The van der Waals surface area contributed by atoms with Crippen molar-refractivity contribution in [3.8, 4) is 0 Å². The van der Waals surface area contributed by atoms with E-state index in [2.05, 4.69) is 10.3 Å². The minimum Gasteiger partial charge on any atom is -0.322 e. The van der Waals surface area contributed by atoms with Gasteiger partial charge in [0.2, 0.25) is 5.91 Å². The van der Waals surface area contributed by atoms with Crippen LogP contribution < -0.4 is 5.32 Å². The molecule has 2 aromatic carbocycles. The molecule has 0 fully saturated rings. The van der Waals surface area contributed by atoms with Crippen LogP contribution in [0, 0.1) is 5.82 Å². The molecule has 3 aromatic rings. The van der Waals surface area contributed by atoms with Crippen molar-refractivity contribution in [2.75, 3.05) is 5.32 Å². The SMILES string of the molecule is O=C(/C=C/c1ccc(F)cc1)Nc1ccnc2cc(Cl)ccc12. The maximum atomic E-state index is 12.8. The summed E-state index contributed by atoms with van der Waals surface area (Å²) in [5, 5.41) is 4.20. The first-order valence-electron chi connectivity index (χ1n) is 6.91. The standard InChI is InChI=1S/C18H12ClFN2O/c19-13-4-7-15-16(9-10-21-17(15)11-13)22-18(23)8-3-12-1-5-14(20)6-2-12/h1-11H,(H,21,22,23)/b8-3+. The van der Waals surface area contributed by atoms with Gasteiger partial charge in [0.05, 0.1) is 11.2 Å². The van der Waals surface area contributed by atoms with E-state index in [0.29, 0.717) is 16.2 Å². The fourth-order valence-corrected chi connectivity index (χ4v) is 2.32. The zero-order valence-electron chi connectivity index (χ0n) is 12.0. The van der Waals surface area contributed by atoms with Gasteiger partial charge in [-0.2, -0.15) is 0 Å². The van der Waals surface area contributed by atoms with Crippen molar-refractivity contribution in [1.82, 2.24) is 4.98 Å². The van der Waals surface area contributed by atoms with Crippen LogP contribution in [0.25, 0.3) is 17.0 Å². The fraction of sp³-hybridized carbons (Fsp3) is 0. The number of hydrogen-bond donors (Lipinski definition) is 1. The molecule has 0 bridgehead atoms. The molecule has 0 aliphatic heterocycles. The summed E-state index contributed by atoms with van der Waals surface area (Å²) in [7, 11) is 0. The Morgan fingerprint density at radius 2 is 1.91 bits per heavy atom. The molecule has 114 valence electrons. The second kappa shape index (κ2) is 6.58. The third-order valence-electron chi connectivity index (χ3n) is 3.26. The summed E-state index contributed by atoms with van der Waals surface area (Å²) in [5.41, 5.74) is 2.10. The number of amides is 1. The predicted molar refractivity (Wildman–Crippen MR) is 90.8 cm³/mol. The highest BCUT2D eigenvalue weighted by molar-refractivity contribution is 6.31. The van der Waals surface area contributed by atoms with Gasteiger partial charge in [-0.1, -0.05) is 23.7 Å². The summed E-state index contributed by atoms with van der Waals surface area (Å²) in [6, 6.07) is 12.9. The Hall–Kier alpha value is -2.72. The maximum absolute atomic E-state index is 12.8. The van der Waals surface area contributed by atoms with Gasteiger partial charge in [0, 0.05) is 22.7 Å². The van der Waals surface area contributed by atoms with Crippen LogP contribution in [-0.4, -0.2) is 10.9 Å². The molecule has 1 N–H and O–H groups in total. The lowest BCUT2D eigenvalue weighted by atomic mass is 10.2. The second-order valence-corrected chi connectivity index (χ2v) is 5.33. The zero-order valence-corrected chi connectivity index (χ0v) is 12.7. The van der Waals surface area contributed by atoms with Crippen LogP contribution in [0.3, 0.4) is 0 Å². The Morgan fingerprint density at radius 3 is 2.70 bits per heavy atom. The topological polar surface area (TPSA) is 42.0 Å². The molecule has 0 unspecified atom stereocenters. The molecule has 0 saturated carbocycles. The Bertz CT molecular complexity index is 891. The molecule has 0 radical (unpaired) electrons. The summed E-state index contributed by atoms with van der Waals surface area (Å²) in [4.78, 5) is 16.3. The number of fused-ring (bicyclic) bond motifs is 1. The first kappa shape index (κ1) is 15.2. The number of rotatable bonds is 3. The first-order chi connectivity index (χ1) is 11.1. The van der Waals surface area contributed by atoms with E-state index in [1.54, 1.807) is 42.6 Å². The van der Waals surface area contributed by atoms with Crippen molar-refractivity contribution in [2.45, 2.75) is 0 Å². The van der Waals surface area contributed by atoms with Gasteiger partial charge >= 0.3 is 0 Å². The molecule has 1 aromatic heterocycles. The van der Waals surface area contributed by atoms with Crippen LogP contribution in [-0.2, 0) is 4.79 Å². The van der Waals surface area contributed by atoms with E-state index in [-0.39, 0.29) is 11.7 Å². The van der Waals surface area contributed by atoms with Gasteiger partial charge in [-0.15, -0.1) is 0 Å². The molecular weight excluding hydrogens is 315 g/mol. The number of nitrogens with zero attached hydrogens (tertiary/aromatic N) is 1. The molecule has 1 heterocycles. The van der Waals surface area contributed by atoms with E-state index in [0.717, 1.165) is 10.9 Å². The van der Waals surface area contributed by atoms with E-state index in [4.69, 9.17) is 11.6 Å². The number of pyridine rings is 1. The Balaban J connectivity index is 1.79. The Morgan fingerprint density at radius 1 is 1.13 bits per heavy atom. The number of benzene rings is 2. The van der Waals surface area contributed by atoms with E-state index in [1.165, 1.54) is 18.2 Å². The van der Waals surface area contributed by atoms with E-state index in [9.17, 15) is 9.18 Å². The lowest BCUT2D eigenvalue weighted by molar-refractivity contribution is -0.111. The molecule has 0 aliphatic rings. The van der Waals surface area contributed by atoms with Crippen LogP contribution >= 0.6 is 11.6 Å². The normalized spacial score (nSPS) is 11.0. The third kappa shape index (κ3) is 3.73. The minimum absolute atomic E-state index is 0.281. The lowest BCUT2D eigenvalue weighted by Crippen LogP contribution is -2.08. The molecular formula is C18H12ClFN2O. The molecule has 0 atom stereocenters. The summed E-state index contributed by atoms with van der Waals surface area (Å²) >= 11 is 5.94. The highest BCUT2D eigenvalue weighted by Gasteiger charge is 2.05. The summed E-state index contributed by atoms with van der Waals surface area (Å²) < 4.78 is 12.8. The summed E-state index contributed by atoms with van der Waals surface area (Å²) in [5.74, 6) is -0.592. The molecule has 0 aliphatic carbocycles. The van der Waals surface area contributed by atoms with Crippen LogP contribution in [0.1, 0.15) is 5.56 Å². The monoisotopic (exact) mass is 326 g/mol. The average molecular weight is 327 g/mol. The van der Waals surface area contributed by atoms with E-state index in [1.807, 2.05) is 6.07 Å². The third-order valence-corrected chi connectivity index (χ3v) is 3.49. The van der Waals surface area contributed by atoms with Crippen LogP contribution in [0.15, 0.2) is 60.8 Å². The van der Waals surface area contributed by atoms with Crippen LogP contribution in [0.5, 0.6) is 0 Å². The van der Waals surface area contributed by atoms with Crippen LogP contribution in [0.2, 0.25) is 5.02 Å². The largest absolute Gasteiger partial charge is 0.322 e. The van der Waals surface area contributed by atoms with Gasteiger partial charge in [0.25, 0.3) is 0 Å². The number of carbonyl (C=O) groups excluding carboxylic acids is 1. The maximum Gasteiger partial charge on any atom is 0.248 e. The van der Waals surface area contributed by atoms with Crippen molar-refractivity contribution >= 4 is 40.2 Å². The number of carbonyl (C=O) groups is 1. The van der Waals surface area contributed by atoms with Crippen molar-refractivity contribution in [3.63, 3.8) is 0 Å². The molecule has 3 rings (SSSR count).